The number of nitrogens with zero attached hydrogens (tertiary/aromatic N) is 1. The second-order valence-corrected chi connectivity index (χ2v) is 5.44. The van der Waals surface area contributed by atoms with Crippen LogP contribution in [0.1, 0.15) is 11.1 Å². The van der Waals surface area contributed by atoms with Crippen molar-refractivity contribution in [2.24, 2.45) is 0 Å². The molecule has 0 aliphatic carbocycles. The molecule has 0 unspecified atom stereocenters. The Hall–Kier alpha value is -1.81. The van der Waals surface area contributed by atoms with Gasteiger partial charge in [0.2, 0.25) is 0 Å². The van der Waals surface area contributed by atoms with Crippen molar-refractivity contribution in [3.63, 3.8) is 0 Å². The molecular weight excluding hydrogens is 302 g/mol. The Morgan fingerprint density at radius 3 is 3.11 bits per heavy atom. The number of aromatic nitrogens is 2. The molecule has 3 rings (SSSR count). The second kappa shape index (κ2) is 5.05. The Labute approximate surface area is 120 Å². The lowest BCUT2D eigenvalue weighted by Gasteiger charge is -2.09. The van der Waals surface area contributed by atoms with Crippen molar-refractivity contribution >= 4 is 32.7 Å². The number of anilines is 1. The maximum Gasteiger partial charge on any atom is 0.137 e. The Balaban J connectivity index is 1.84. The van der Waals surface area contributed by atoms with Crippen LogP contribution in [0.4, 0.5) is 5.69 Å². The Morgan fingerprint density at radius 1 is 1.32 bits per heavy atom. The molecule has 0 fully saturated rings. The molecule has 1 aromatic carbocycles. The van der Waals surface area contributed by atoms with Gasteiger partial charge < -0.3 is 10.3 Å². The molecule has 2 heterocycles. The summed E-state index contributed by atoms with van der Waals surface area (Å²) in [6, 6.07) is 10.3. The summed E-state index contributed by atoms with van der Waals surface area (Å²) in [6.45, 7) is 2.88. The number of nitrogens with one attached hydrogen (secondary N) is 2. The van der Waals surface area contributed by atoms with Gasteiger partial charge in [-0.3, -0.25) is 0 Å². The van der Waals surface area contributed by atoms with E-state index in [4.69, 9.17) is 0 Å². The molecule has 0 radical (unpaired) electrons. The van der Waals surface area contributed by atoms with Gasteiger partial charge in [-0.2, -0.15) is 0 Å². The van der Waals surface area contributed by atoms with Crippen LogP contribution in [0.25, 0.3) is 11.0 Å². The summed E-state index contributed by atoms with van der Waals surface area (Å²) in [4.78, 5) is 7.49. The zero-order chi connectivity index (χ0) is 13.2. The molecule has 0 saturated carbocycles. The first-order valence-electron chi connectivity index (χ1n) is 6.15. The normalized spacial score (nSPS) is 10.8. The van der Waals surface area contributed by atoms with Crippen molar-refractivity contribution in [1.29, 1.82) is 0 Å². The average molecular weight is 316 g/mol. The minimum atomic E-state index is 0.781. The number of benzene rings is 1. The Bertz CT molecular complexity index is 718. The number of rotatable bonds is 3. The van der Waals surface area contributed by atoms with Crippen molar-refractivity contribution in [2.45, 2.75) is 13.5 Å². The van der Waals surface area contributed by atoms with Crippen molar-refractivity contribution in [3.05, 3.63) is 58.3 Å². The van der Waals surface area contributed by atoms with Gasteiger partial charge in [-0.1, -0.05) is 22.0 Å². The van der Waals surface area contributed by atoms with Gasteiger partial charge in [0.15, 0.2) is 0 Å². The minimum absolute atomic E-state index is 0.781. The SMILES string of the molecule is Cc1ccc(Br)cc1NCc1c[nH]c2ncccc12. The first kappa shape index (κ1) is 12.2. The number of pyridine rings is 1. The average Bonchev–Trinajstić information content (AvgIpc) is 2.83. The molecule has 2 N–H and O–H groups in total. The number of hydrogen-bond acceptors (Lipinski definition) is 2. The van der Waals surface area contributed by atoms with Crippen molar-refractivity contribution in [3.8, 4) is 0 Å². The van der Waals surface area contributed by atoms with Crippen LogP contribution < -0.4 is 5.32 Å². The van der Waals surface area contributed by atoms with E-state index in [-0.39, 0.29) is 0 Å². The third-order valence-corrected chi connectivity index (χ3v) is 3.70. The Kier molecular flexibility index (Phi) is 3.25. The van der Waals surface area contributed by atoms with Crippen LogP contribution in [-0.2, 0) is 6.54 Å². The van der Waals surface area contributed by atoms with Crippen LogP contribution in [0.2, 0.25) is 0 Å². The molecular formula is C15H14BrN3. The number of hydrogen-bond donors (Lipinski definition) is 2. The van der Waals surface area contributed by atoms with E-state index in [2.05, 4.69) is 62.4 Å². The van der Waals surface area contributed by atoms with Crippen LogP contribution in [-0.4, -0.2) is 9.97 Å². The van der Waals surface area contributed by atoms with E-state index >= 15 is 0 Å². The van der Waals surface area contributed by atoms with Crippen molar-refractivity contribution in [2.75, 3.05) is 5.32 Å². The molecule has 0 spiro atoms. The zero-order valence-corrected chi connectivity index (χ0v) is 12.2. The van der Waals surface area contributed by atoms with E-state index in [1.165, 1.54) is 16.5 Å². The van der Waals surface area contributed by atoms with Crippen LogP contribution in [0.5, 0.6) is 0 Å². The van der Waals surface area contributed by atoms with E-state index in [1.807, 2.05) is 12.3 Å². The number of aromatic amines is 1. The molecule has 0 aliphatic rings. The highest BCUT2D eigenvalue weighted by Gasteiger charge is 2.04. The smallest absolute Gasteiger partial charge is 0.137 e. The van der Waals surface area contributed by atoms with Crippen LogP contribution in [0.3, 0.4) is 0 Å². The van der Waals surface area contributed by atoms with Gasteiger partial charge in [0.05, 0.1) is 0 Å². The molecule has 0 amide bonds. The summed E-state index contributed by atoms with van der Waals surface area (Å²) in [5.41, 5.74) is 4.54. The maximum atomic E-state index is 4.30. The fourth-order valence-electron chi connectivity index (χ4n) is 2.13. The molecule has 3 aromatic rings. The molecule has 19 heavy (non-hydrogen) atoms. The van der Waals surface area contributed by atoms with Crippen molar-refractivity contribution < 1.29 is 0 Å². The third-order valence-electron chi connectivity index (χ3n) is 3.21. The molecule has 4 heteroatoms. The van der Waals surface area contributed by atoms with Gasteiger partial charge in [0, 0.05) is 34.5 Å². The molecule has 0 bridgehead atoms. The Morgan fingerprint density at radius 2 is 2.21 bits per heavy atom. The van der Waals surface area contributed by atoms with Gasteiger partial charge in [0.1, 0.15) is 5.65 Å². The largest absolute Gasteiger partial charge is 0.381 e. The van der Waals surface area contributed by atoms with Crippen molar-refractivity contribution in [1.82, 2.24) is 9.97 Å². The summed E-state index contributed by atoms with van der Waals surface area (Å²) in [7, 11) is 0. The lowest BCUT2D eigenvalue weighted by molar-refractivity contribution is 1.15. The number of H-pyrrole nitrogens is 1. The summed E-state index contributed by atoms with van der Waals surface area (Å²) >= 11 is 3.50. The number of halogens is 1. The quantitative estimate of drug-likeness (QED) is 0.758. The van der Waals surface area contributed by atoms with Gasteiger partial charge in [-0.25, -0.2) is 4.98 Å². The fourth-order valence-corrected chi connectivity index (χ4v) is 2.50. The van der Waals surface area contributed by atoms with E-state index < -0.39 is 0 Å². The van der Waals surface area contributed by atoms with Gasteiger partial charge >= 0.3 is 0 Å². The number of fused-ring (bicyclic) bond motifs is 1. The van der Waals surface area contributed by atoms with Crippen LogP contribution in [0, 0.1) is 6.92 Å². The zero-order valence-electron chi connectivity index (χ0n) is 10.6. The van der Waals surface area contributed by atoms with Gasteiger partial charge in [-0.05, 0) is 42.3 Å². The van der Waals surface area contributed by atoms with Gasteiger partial charge in [-0.15, -0.1) is 0 Å². The molecule has 0 atom stereocenters. The molecule has 96 valence electrons. The predicted octanol–water partition coefficient (Wildman–Crippen LogP) is 4.25. The van der Waals surface area contributed by atoms with Crippen LogP contribution >= 0.6 is 15.9 Å². The summed E-state index contributed by atoms with van der Waals surface area (Å²) in [5.74, 6) is 0. The first-order valence-corrected chi connectivity index (χ1v) is 6.94. The van der Waals surface area contributed by atoms with E-state index in [0.29, 0.717) is 0 Å². The molecule has 0 saturated heterocycles. The fraction of sp³-hybridized carbons (Fsp3) is 0.133. The lowest BCUT2D eigenvalue weighted by Crippen LogP contribution is -2.00. The van der Waals surface area contributed by atoms with Gasteiger partial charge in [0.25, 0.3) is 0 Å². The third kappa shape index (κ3) is 2.49. The summed E-state index contributed by atoms with van der Waals surface area (Å²) in [6.07, 6.45) is 3.81. The second-order valence-electron chi connectivity index (χ2n) is 4.53. The minimum Gasteiger partial charge on any atom is -0.381 e. The summed E-state index contributed by atoms with van der Waals surface area (Å²) < 4.78 is 1.08. The highest BCUT2D eigenvalue weighted by Crippen LogP contribution is 2.22. The molecule has 0 aliphatic heterocycles. The highest BCUT2D eigenvalue weighted by molar-refractivity contribution is 9.10. The highest BCUT2D eigenvalue weighted by atomic mass is 79.9. The topological polar surface area (TPSA) is 40.7 Å². The summed E-state index contributed by atoms with van der Waals surface area (Å²) in [5, 5.41) is 4.64. The molecule has 2 aromatic heterocycles. The monoisotopic (exact) mass is 315 g/mol. The van der Waals surface area contributed by atoms with E-state index in [1.54, 1.807) is 6.20 Å². The van der Waals surface area contributed by atoms with E-state index in [0.717, 1.165) is 22.4 Å². The van der Waals surface area contributed by atoms with Crippen LogP contribution in [0.15, 0.2) is 47.2 Å². The first-order chi connectivity index (χ1) is 9.24. The molecule has 3 nitrogen and oxygen atoms in total. The standard InChI is InChI=1S/C15H14BrN3/c1-10-4-5-12(16)7-14(10)18-8-11-9-19-15-13(11)3-2-6-17-15/h2-7,9,18H,8H2,1H3,(H,17,19). The van der Waals surface area contributed by atoms with E-state index in [9.17, 15) is 0 Å². The number of aryl methyl sites for hydroxylation is 1. The lowest BCUT2D eigenvalue weighted by atomic mass is 10.2. The maximum absolute atomic E-state index is 4.30. The predicted molar refractivity (Wildman–Crippen MR) is 82.3 cm³/mol.